The van der Waals surface area contributed by atoms with E-state index in [4.69, 9.17) is 0 Å². The lowest BCUT2D eigenvalue weighted by Crippen LogP contribution is -2.25. The highest BCUT2D eigenvalue weighted by Gasteiger charge is 2.51. The maximum Gasteiger partial charge on any atom is 0.0726 e. The molecule has 10 rings (SSSR count). The zero-order valence-electron chi connectivity index (χ0n) is 24.5. The van der Waals surface area contributed by atoms with Crippen LogP contribution in [0.5, 0.6) is 0 Å². The van der Waals surface area contributed by atoms with Gasteiger partial charge < -0.3 is 9.88 Å². The summed E-state index contributed by atoms with van der Waals surface area (Å²) in [4.78, 5) is 0. The second-order valence-electron chi connectivity index (χ2n) is 12.2. The third kappa shape index (κ3) is 3.23. The number of rotatable bonds is 3. The van der Waals surface area contributed by atoms with Crippen molar-refractivity contribution < 1.29 is 0 Å². The second kappa shape index (κ2) is 9.07. The van der Waals surface area contributed by atoms with Crippen LogP contribution in [0.25, 0.3) is 49.7 Å². The van der Waals surface area contributed by atoms with E-state index >= 15 is 0 Å². The van der Waals surface area contributed by atoms with Gasteiger partial charge in [0.05, 0.1) is 16.4 Å². The maximum atomic E-state index is 3.81. The van der Waals surface area contributed by atoms with Crippen molar-refractivity contribution in [2.75, 3.05) is 5.32 Å². The van der Waals surface area contributed by atoms with E-state index in [0.717, 1.165) is 11.4 Å². The molecule has 1 spiro atoms. The lowest BCUT2D eigenvalue weighted by atomic mass is 9.70. The molecule has 0 aliphatic heterocycles. The SMILES string of the molecule is c1ccc(-n2c3ccccc3c3cc(Nc4ccc5c(c4)C4(c6ccccc6-c6ccccc64)c4ccccc4-5)ccc32)cc1. The van der Waals surface area contributed by atoms with Crippen LogP contribution in [0.1, 0.15) is 22.3 Å². The minimum Gasteiger partial charge on any atom is -0.355 e. The summed E-state index contributed by atoms with van der Waals surface area (Å²) in [5, 5.41) is 6.30. The van der Waals surface area contributed by atoms with Crippen LogP contribution >= 0.6 is 0 Å². The quantitative estimate of drug-likeness (QED) is 0.223. The summed E-state index contributed by atoms with van der Waals surface area (Å²) in [6.45, 7) is 0. The van der Waals surface area contributed by atoms with E-state index < -0.39 is 0 Å². The van der Waals surface area contributed by atoms with Crippen molar-refractivity contribution in [1.82, 2.24) is 4.57 Å². The third-order valence-electron chi connectivity index (χ3n) is 9.97. The smallest absolute Gasteiger partial charge is 0.0726 e. The molecule has 2 aliphatic rings. The van der Waals surface area contributed by atoms with E-state index in [1.54, 1.807) is 0 Å². The van der Waals surface area contributed by atoms with Gasteiger partial charge in [0.1, 0.15) is 0 Å². The third-order valence-corrected chi connectivity index (χ3v) is 9.97. The highest BCUT2D eigenvalue weighted by Crippen LogP contribution is 2.62. The molecule has 0 radical (unpaired) electrons. The molecule has 0 fully saturated rings. The van der Waals surface area contributed by atoms with Crippen LogP contribution in [0.2, 0.25) is 0 Å². The molecule has 1 heterocycles. The summed E-state index contributed by atoms with van der Waals surface area (Å²) in [6.07, 6.45) is 0. The van der Waals surface area contributed by atoms with Crippen molar-refractivity contribution in [3.05, 3.63) is 186 Å². The number of fused-ring (bicyclic) bond motifs is 13. The first-order valence-corrected chi connectivity index (χ1v) is 15.6. The van der Waals surface area contributed by atoms with Gasteiger partial charge >= 0.3 is 0 Å². The fraction of sp³-hybridized carbons (Fsp3) is 0.0233. The van der Waals surface area contributed by atoms with Crippen LogP contribution in [0.15, 0.2) is 164 Å². The average molecular weight is 573 g/mol. The van der Waals surface area contributed by atoms with Gasteiger partial charge in [-0.1, -0.05) is 115 Å². The first kappa shape index (κ1) is 24.6. The minimum atomic E-state index is -0.343. The Hall–Kier alpha value is -5.86. The van der Waals surface area contributed by atoms with E-state index in [1.165, 1.54) is 72.0 Å². The van der Waals surface area contributed by atoms with Crippen LogP contribution in [0.4, 0.5) is 11.4 Å². The van der Waals surface area contributed by atoms with E-state index in [1.807, 2.05) is 0 Å². The Labute approximate surface area is 261 Å². The number of hydrogen-bond donors (Lipinski definition) is 1. The summed E-state index contributed by atoms with van der Waals surface area (Å²) in [7, 11) is 0. The number of nitrogens with zero attached hydrogens (tertiary/aromatic N) is 1. The van der Waals surface area contributed by atoms with Crippen molar-refractivity contribution in [3.8, 4) is 27.9 Å². The molecule has 1 aromatic heterocycles. The molecule has 8 aromatic rings. The van der Waals surface area contributed by atoms with Crippen molar-refractivity contribution in [2.45, 2.75) is 5.41 Å². The van der Waals surface area contributed by atoms with Crippen molar-refractivity contribution in [1.29, 1.82) is 0 Å². The molecule has 0 atom stereocenters. The Kier molecular flexibility index (Phi) is 4.95. The Morgan fingerprint density at radius 2 is 0.889 bits per heavy atom. The molecule has 1 N–H and O–H groups in total. The second-order valence-corrected chi connectivity index (χ2v) is 12.2. The average Bonchev–Trinajstić information content (AvgIpc) is 3.70. The predicted molar refractivity (Wildman–Crippen MR) is 187 cm³/mol. The van der Waals surface area contributed by atoms with Gasteiger partial charge in [-0.05, 0) is 93.0 Å². The molecule has 0 saturated heterocycles. The zero-order valence-corrected chi connectivity index (χ0v) is 24.5. The largest absolute Gasteiger partial charge is 0.355 e. The first-order valence-electron chi connectivity index (χ1n) is 15.6. The Morgan fingerprint density at radius 3 is 1.58 bits per heavy atom. The van der Waals surface area contributed by atoms with Gasteiger partial charge in [0.25, 0.3) is 0 Å². The molecule has 0 unspecified atom stereocenters. The van der Waals surface area contributed by atoms with Gasteiger partial charge in [-0.25, -0.2) is 0 Å². The number of benzene rings is 7. The summed E-state index contributed by atoms with van der Waals surface area (Å²) >= 11 is 0. The summed E-state index contributed by atoms with van der Waals surface area (Å²) in [5.74, 6) is 0. The number of aromatic nitrogens is 1. The lowest BCUT2D eigenvalue weighted by molar-refractivity contribution is 0.794. The molecule has 0 bridgehead atoms. The topological polar surface area (TPSA) is 17.0 Å². The molecular weight excluding hydrogens is 544 g/mol. The van der Waals surface area contributed by atoms with Gasteiger partial charge in [-0.3, -0.25) is 0 Å². The molecule has 0 saturated carbocycles. The molecule has 2 aliphatic carbocycles. The van der Waals surface area contributed by atoms with Crippen molar-refractivity contribution in [3.63, 3.8) is 0 Å². The Balaban J connectivity index is 1.15. The van der Waals surface area contributed by atoms with Crippen LogP contribution in [-0.2, 0) is 5.41 Å². The number of para-hydroxylation sites is 2. The van der Waals surface area contributed by atoms with Gasteiger partial charge in [-0.15, -0.1) is 0 Å². The monoisotopic (exact) mass is 572 g/mol. The van der Waals surface area contributed by atoms with Crippen molar-refractivity contribution in [2.24, 2.45) is 0 Å². The highest BCUT2D eigenvalue weighted by atomic mass is 15.0. The summed E-state index contributed by atoms with van der Waals surface area (Å²) in [6, 6.07) is 59.9. The normalized spacial score (nSPS) is 13.5. The molecule has 45 heavy (non-hydrogen) atoms. The van der Waals surface area contributed by atoms with Gasteiger partial charge in [0.15, 0.2) is 0 Å². The standard InChI is InChI=1S/C43H28N2/c1-2-12-30(13-3-1)45-41-21-11-7-17-35(41)36-26-28(23-25-42(36)45)44-29-22-24-34-33-16-6-10-20-39(33)43(40(34)27-29)37-18-8-4-14-31(37)32-15-5-9-19-38(32)43/h1-27,44H. The predicted octanol–water partition coefficient (Wildman–Crippen LogP) is 10.9. The van der Waals surface area contributed by atoms with E-state index in [2.05, 4.69) is 174 Å². The van der Waals surface area contributed by atoms with Crippen LogP contribution in [0, 0.1) is 0 Å². The zero-order chi connectivity index (χ0) is 29.5. The highest BCUT2D eigenvalue weighted by molar-refractivity contribution is 6.10. The number of hydrogen-bond acceptors (Lipinski definition) is 1. The summed E-state index contributed by atoms with van der Waals surface area (Å²) < 4.78 is 2.36. The van der Waals surface area contributed by atoms with E-state index in [-0.39, 0.29) is 5.41 Å². The van der Waals surface area contributed by atoms with Gasteiger partial charge in [0, 0.05) is 27.8 Å². The van der Waals surface area contributed by atoms with Crippen molar-refractivity contribution >= 4 is 33.2 Å². The lowest BCUT2D eigenvalue weighted by Gasteiger charge is -2.30. The molecule has 2 nitrogen and oxygen atoms in total. The molecule has 210 valence electrons. The number of anilines is 2. The molecular formula is C43H28N2. The fourth-order valence-electron chi connectivity index (χ4n) is 8.25. The Morgan fingerprint density at radius 1 is 0.378 bits per heavy atom. The Bertz CT molecular complexity index is 2400. The molecule has 2 heteroatoms. The molecule has 7 aromatic carbocycles. The fourth-order valence-corrected chi connectivity index (χ4v) is 8.25. The van der Waals surface area contributed by atoms with E-state index in [0.29, 0.717) is 0 Å². The first-order chi connectivity index (χ1) is 22.3. The van der Waals surface area contributed by atoms with Gasteiger partial charge in [0.2, 0.25) is 0 Å². The van der Waals surface area contributed by atoms with E-state index in [9.17, 15) is 0 Å². The van der Waals surface area contributed by atoms with Crippen LogP contribution < -0.4 is 5.32 Å². The van der Waals surface area contributed by atoms with Crippen LogP contribution in [-0.4, -0.2) is 4.57 Å². The number of nitrogens with one attached hydrogen (secondary N) is 1. The maximum absolute atomic E-state index is 3.81. The van der Waals surface area contributed by atoms with Gasteiger partial charge in [-0.2, -0.15) is 0 Å². The minimum absolute atomic E-state index is 0.343. The summed E-state index contributed by atoms with van der Waals surface area (Å²) in [5.41, 5.74) is 16.1. The van der Waals surface area contributed by atoms with Crippen LogP contribution in [0.3, 0.4) is 0 Å². The molecule has 0 amide bonds.